The van der Waals surface area contributed by atoms with Gasteiger partial charge in [0.15, 0.2) is 0 Å². The molecule has 1 heterocycles. The van der Waals surface area contributed by atoms with Gasteiger partial charge in [-0.2, -0.15) is 0 Å². The molecule has 0 radical (unpaired) electrons. The molecule has 2 aromatic rings. The fourth-order valence-electron chi connectivity index (χ4n) is 5.97. The van der Waals surface area contributed by atoms with Gasteiger partial charge in [-0.05, 0) is 92.6 Å². The van der Waals surface area contributed by atoms with Crippen molar-refractivity contribution in [2.24, 2.45) is 11.7 Å². The quantitative estimate of drug-likeness (QED) is 0.561. The standard InChI is InChI=1S/C29H40N4O3/c1-6-21-11-14-24(36-5)17-25(21)29(3)15-16-33(18-20-7-8-20)19(2)26(29)32(4)28(35)31-23-12-9-22(10-13-23)27(30)34/h9-14,17,19-20,26H,6-8,15-16,18H2,1-5H3,(H2,30,34)(H,31,35)/t19?,26?,29-/m1/s1. The number of hydrogen-bond acceptors (Lipinski definition) is 4. The number of urea groups is 1. The van der Waals surface area contributed by atoms with Gasteiger partial charge in [-0.3, -0.25) is 9.69 Å². The fraction of sp³-hybridized carbons (Fsp3) is 0.517. The van der Waals surface area contributed by atoms with Gasteiger partial charge in [0, 0.05) is 36.3 Å². The number of carbonyl (C=O) groups excluding carboxylic acids is 2. The maximum absolute atomic E-state index is 13.6. The number of anilines is 1. The molecule has 4 rings (SSSR count). The third-order valence-electron chi connectivity index (χ3n) is 8.27. The molecule has 0 spiro atoms. The molecule has 3 amide bonds. The van der Waals surface area contributed by atoms with Crippen molar-refractivity contribution in [1.29, 1.82) is 0 Å². The van der Waals surface area contributed by atoms with Crippen LogP contribution in [0.5, 0.6) is 5.75 Å². The molecule has 2 aliphatic rings. The second kappa shape index (κ2) is 10.5. The first-order valence-corrected chi connectivity index (χ1v) is 13.0. The lowest BCUT2D eigenvalue weighted by Crippen LogP contribution is -2.65. The molecule has 2 fully saturated rings. The monoisotopic (exact) mass is 492 g/mol. The van der Waals surface area contributed by atoms with Crippen LogP contribution in [0.2, 0.25) is 0 Å². The molecule has 3 N–H and O–H groups in total. The number of likely N-dealkylation sites (N-methyl/N-ethyl adjacent to an activating group) is 1. The maximum Gasteiger partial charge on any atom is 0.321 e. The van der Waals surface area contributed by atoms with E-state index in [1.165, 1.54) is 24.0 Å². The number of ether oxygens (including phenoxy) is 1. The van der Waals surface area contributed by atoms with Crippen LogP contribution in [0.3, 0.4) is 0 Å². The molecule has 1 saturated heterocycles. The average Bonchev–Trinajstić information content (AvgIpc) is 3.70. The summed E-state index contributed by atoms with van der Waals surface area (Å²) in [6, 6.07) is 13.0. The first-order valence-electron chi connectivity index (χ1n) is 13.0. The van der Waals surface area contributed by atoms with Crippen LogP contribution in [-0.4, -0.2) is 61.1 Å². The Balaban J connectivity index is 1.67. The Morgan fingerprint density at radius 2 is 1.89 bits per heavy atom. The Morgan fingerprint density at radius 3 is 2.47 bits per heavy atom. The smallest absolute Gasteiger partial charge is 0.321 e. The van der Waals surface area contributed by atoms with Crippen molar-refractivity contribution in [2.45, 2.75) is 64.0 Å². The third-order valence-corrected chi connectivity index (χ3v) is 8.27. The van der Waals surface area contributed by atoms with E-state index in [-0.39, 0.29) is 23.5 Å². The van der Waals surface area contributed by atoms with E-state index in [1.807, 2.05) is 18.0 Å². The van der Waals surface area contributed by atoms with E-state index in [9.17, 15) is 9.59 Å². The number of nitrogens with zero attached hydrogens (tertiary/aromatic N) is 2. The van der Waals surface area contributed by atoms with Gasteiger partial charge in [-0.1, -0.05) is 19.9 Å². The van der Waals surface area contributed by atoms with Crippen molar-refractivity contribution < 1.29 is 14.3 Å². The van der Waals surface area contributed by atoms with Crippen LogP contribution >= 0.6 is 0 Å². The lowest BCUT2D eigenvalue weighted by molar-refractivity contribution is 0.0222. The van der Waals surface area contributed by atoms with E-state index in [2.05, 4.69) is 43.1 Å². The van der Waals surface area contributed by atoms with Crippen LogP contribution < -0.4 is 15.8 Å². The number of hydrogen-bond donors (Lipinski definition) is 2. The summed E-state index contributed by atoms with van der Waals surface area (Å²) < 4.78 is 5.61. The summed E-state index contributed by atoms with van der Waals surface area (Å²) in [4.78, 5) is 29.5. The average molecular weight is 493 g/mol. The van der Waals surface area contributed by atoms with Crippen molar-refractivity contribution in [2.75, 3.05) is 32.6 Å². The number of rotatable bonds is 8. The van der Waals surface area contributed by atoms with Gasteiger partial charge in [0.2, 0.25) is 5.91 Å². The van der Waals surface area contributed by atoms with Gasteiger partial charge >= 0.3 is 6.03 Å². The van der Waals surface area contributed by atoms with E-state index >= 15 is 0 Å². The molecule has 0 bridgehead atoms. The maximum atomic E-state index is 13.6. The number of benzene rings is 2. The summed E-state index contributed by atoms with van der Waals surface area (Å²) >= 11 is 0. The predicted octanol–water partition coefficient (Wildman–Crippen LogP) is 4.65. The zero-order chi connectivity index (χ0) is 26.0. The van der Waals surface area contributed by atoms with Crippen molar-refractivity contribution >= 4 is 17.6 Å². The number of nitrogens with two attached hydrogens (primary N) is 1. The number of nitrogens with one attached hydrogen (secondary N) is 1. The summed E-state index contributed by atoms with van der Waals surface area (Å²) in [6.07, 6.45) is 4.49. The van der Waals surface area contributed by atoms with E-state index in [4.69, 9.17) is 10.5 Å². The van der Waals surface area contributed by atoms with E-state index in [0.29, 0.717) is 11.3 Å². The topological polar surface area (TPSA) is 87.9 Å². The highest BCUT2D eigenvalue weighted by Crippen LogP contribution is 2.44. The zero-order valence-electron chi connectivity index (χ0n) is 22.2. The molecule has 194 valence electrons. The minimum Gasteiger partial charge on any atom is -0.497 e. The van der Waals surface area contributed by atoms with Gasteiger partial charge in [0.05, 0.1) is 13.2 Å². The van der Waals surface area contributed by atoms with Gasteiger partial charge in [-0.25, -0.2) is 4.79 Å². The van der Waals surface area contributed by atoms with Gasteiger partial charge in [0.25, 0.3) is 0 Å². The molecular weight excluding hydrogens is 452 g/mol. The molecule has 1 saturated carbocycles. The number of primary amides is 1. The molecule has 2 unspecified atom stereocenters. The number of piperidine rings is 1. The minimum absolute atomic E-state index is 0.0488. The lowest BCUT2D eigenvalue weighted by atomic mass is 9.66. The van der Waals surface area contributed by atoms with E-state index in [0.717, 1.165) is 37.6 Å². The molecule has 1 aliphatic carbocycles. The Labute approximate surface area is 215 Å². The van der Waals surface area contributed by atoms with Crippen LogP contribution in [0, 0.1) is 5.92 Å². The number of methoxy groups -OCH3 is 1. The molecule has 1 aliphatic heterocycles. The predicted molar refractivity (Wildman–Crippen MR) is 144 cm³/mol. The molecule has 7 nitrogen and oxygen atoms in total. The van der Waals surface area contributed by atoms with Gasteiger partial charge in [0.1, 0.15) is 5.75 Å². The van der Waals surface area contributed by atoms with Crippen LogP contribution in [0.25, 0.3) is 0 Å². The lowest BCUT2D eigenvalue weighted by Gasteiger charge is -2.54. The van der Waals surface area contributed by atoms with Crippen molar-refractivity contribution in [3.63, 3.8) is 0 Å². The third kappa shape index (κ3) is 5.21. The number of aryl methyl sites for hydroxylation is 1. The number of carbonyl (C=O) groups is 2. The highest BCUT2D eigenvalue weighted by Gasteiger charge is 2.49. The summed E-state index contributed by atoms with van der Waals surface area (Å²) in [6.45, 7) is 8.86. The normalized spacial score (nSPS) is 24.2. The SMILES string of the molecule is CCc1ccc(OC)cc1[C@@]1(C)CCN(CC2CC2)C(C)C1N(C)C(=O)Nc1ccc(C(N)=O)cc1. The second-order valence-corrected chi connectivity index (χ2v) is 10.7. The Morgan fingerprint density at radius 1 is 1.19 bits per heavy atom. The Kier molecular flexibility index (Phi) is 7.59. The van der Waals surface area contributed by atoms with Crippen LogP contribution in [-0.2, 0) is 11.8 Å². The molecule has 0 aromatic heterocycles. The molecule has 7 heteroatoms. The number of likely N-dealkylation sites (tertiary alicyclic amines) is 1. The summed E-state index contributed by atoms with van der Waals surface area (Å²) in [5.74, 6) is 1.14. The molecule has 36 heavy (non-hydrogen) atoms. The highest BCUT2D eigenvalue weighted by molar-refractivity contribution is 5.94. The summed E-state index contributed by atoms with van der Waals surface area (Å²) in [5.41, 5.74) is 8.71. The van der Waals surface area contributed by atoms with Gasteiger partial charge in [-0.15, -0.1) is 0 Å². The summed E-state index contributed by atoms with van der Waals surface area (Å²) in [7, 11) is 3.60. The fourth-order valence-corrected chi connectivity index (χ4v) is 5.97. The second-order valence-electron chi connectivity index (χ2n) is 10.7. The highest BCUT2D eigenvalue weighted by atomic mass is 16.5. The molecule has 2 aromatic carbocycles. The van der Waals surface area contributed by atoms with Crippen LogP contribution in [0.4, 0.5) is 10.5 Å². The Bertz CT molecular complexity index is 1100. The van der Waals surface area contributed by atoms with Crippen molar-refractivity contribution in [3.8, 4) is 5.75 Å². The van der Waals surface area contributed by atoms with E-state index in [1.54, 1.807) is 31.4 Å². The van der Waals surface area contributed by atoms with Crippen molar-refractivity contribution in [1.82, 2.24) is 9.80 Å². The molecular formula is C29H40N4O3. The largest absolute Gasteiger partial charge is 0.497 e. The zero-order valence-corrected chi connectivity index (χ0v) is 22.2. The molecule has 3 atom stereocenters. The van der Waals surface area contributed by atoms with Crippen LogP contribution in [0.15, 0.2) is 42.5 Å². The van der Waals surface area contributed by atoms with Gasteiger partial charge < -0.3 is 20.7 Å². The van der Waals surface area contributed by atoms with Crippen molar-refractivity contribution in [3.05, 3.63) is 59.2 Å². The summed E-state index contributed by atoms with van der Waals surface area (Å²) in [5, 5.41) is 3.03. The Hall–Kier alpha value is -3.06. The first kappa shape index (κ1) is 26.0. The van der Waals surface area contributed by atoms with Crippen LogP contribution in [0.1, 0.15) is 61.5 Å². The van der Waals surface area contributed by atoms with E-state index < -0.39 is 5.91 Å². The number of amides is 3. The first-order chi connectivity index (χ1) is 17.2. The minimum atomic E-state index is -0.488.